The van der Waals surface area contributed by atoms with Gasteiger partial charge in [0.1, 0.15) is 11.3 Å². The molecule has 0 spiro atoms. The summed E-state index contributed by atoms with van der Waals surface area (Å²) in [4.78, 5) is 24.6. The largest absolute Gasteiger partial charge is 0.508 e. The number of benzene rings is 2. The Morgan fingerprint density at radius 2 is 1.68 bits per heavy atom. The summed E-state index contributed by atoms with van der Waals surface area (Å²) >= 11 is 0. The van der Waals surface area contributed by atoms with Gasteiger partial charge in [0.15, 0.2) is 5.78 Å². The molecule has 112 valence electrons. The summed E-state index contributed by atoms with van der Waals surface area (Å²) in [5.41, 5.74) is 1.00. The second kappa shape index (κ2) is 7.22. The van der Waals surface area contributed by atoms with Crippen molar-refractivity contribution < 1.29 is 19.4 Å². The maximum absolute atomic E-state index is 12.5. The van der Waals surface area contributed by atoms with Crippen molar-refractivity contribution in [2.75, 3.05) is 6.61 Å². The highest BCUT2D eigenvalue weighted by molar-refractivity contribution is 6.26. The predicted molar refractivity (Wildman–Crippen MR) is 83.5 cm³/mol. The highest BCUT2D eigenvalue weighted by atomic mass is 16.5. The molecule has 2 rings (SSSR count). The van der Waals surface area contributed by atoms with E-state index in [4.69, 9.17) is 4.74 Å². The van der Waals surface area contributed by atoms with Crippen LogP contribution < -0.4 is 0 Å². The van der Waals surface area contributed by atoms with Crippen LogP contribution >= 0.6 is 0 Å². The van der Waals surface area contributed by atoms with Crippen LogP contribution in [0.3, 0.4) is 0 Å². The van der Waals surface area contributed by atoms with E-state index in [-0.39, 0.29) is 17.9 Å². The Kier molecular flexibility index (Phi) is 5.09. The Balaban J connectivity index is 2.40. The number of ether oxygens (including phenoxy) is 1. The second-order valence-electron chi connectivity index (χ2n) is 4.57. The molecule has 0 fully saturated rings. The monoisotopic (exact) mass is 296 g/mol. The molecule has 0 atom stereocenters. The lowest BCUT2D eigenvalue weighted by atomic mass is 10.0. The van der Waals surface area contributed by atoms with Crippen molar-refractivity contribution in [1.29, 1.82) is 0 Å². The van der Waals surface area contributed by atoms with Gasteiger partial charge < -0.3 is 9.84 Å². The van der Waals surface area contributed by atoms with Crippen molar-refractivity contribution in [1.82, 2.24) is 0 Å². The van der Waals surface area contributed by atoms with E-state index in [0.717, 1.165) is 0 Å². The molecule has 0 aliphatic heterocycles. The zero-order valence-corrected chi connectivity index (χ0v) is 12.2. The smallest absolute Gasteiger partial charge is 0.342 e. The van der Waals surface area contributed by atoms with Gasteiger partial charge in [-0.2, -0.15) is 0 Å². The SMILES string of the molecule is CCOC(=O)/C(=C\c1ccc(O)cc1)C(=O)c1ccccc1. The third kappa shape index (κ3) is 3.82. The summed E-state index contributed by atoms with van der Waals surface area (Å²) in [6.45, 7) is 1.87. The molecular formula is C18H16O4. The molecule has 0 aromatic heterocycles. The first-order chi connectivity index (χ1) is 10.6. The van der Waals surface area contributed by atoms with Crippen molar-refractivity contribution in [2.24, 2.45) is 0 Å². The van der Waals surface area contributed by atoms with Crippen molar-refractivity contribution in [3.63, 3.8) is 0 Å². The van der Waals surface area contributed by atoms with Gasteiger partial charge in [-0.05, 0) is 30.7 Å². The number of hydrogen-bond acceptors (Lipinski definition) is 4. The molecule has 0 unspecified atom stereocenters. The van der Waals surface area contributed by atoms with Gasteiger partial charge >= 0.3 is 5.97 Å². The number of rotatable bonds is 5. The molecule has 0 bridgehead atoms. The van der Waals surface area contributed by atoms with Gasteiger partial charge in [0, 0.05) is 5.56 Å². The third-order valence-corrected chi connectivity index (χ3v) is 2.98. The predicted octanol–water partition coefficient (Wildman–Crippen LogP) is 3.22. The molecule has 0 aliphatic carbocycles. The average Bonchev–Trinajstić information content (AvgIpc) is 2.54. The van der Waals surface area contributed by atoms with Crippen LogP contribution in [0, 0.1) is 0 Å². The number of phenols is 1. The second-order valence-corrected chi connectivity index (χ2v) is 4.57. The molecule has 2 aromatic carbocycles. The van der Waals surface area contributed by atoms with Crippen LogP contribution in [0.5, 0.6) is 5.75 Å². The Bertz CT molecular complexity index is 685. The maximum Gasteiger partial charge on any atom is 0.342 e. The van der Waals surface area contributed by atoms with Crippen LogP contribution in [-0.2, 0) is 9.53 Å². The molecule has 0 aliphatic rings. The lowest BCUT2D eigenvalue weighted by Gasteiger charge is -2.07. The number of esters is 1. The van der Waals surface area contributed by atoms with Gasteiger partial charge in [0.25, 0.3) is 0 Å². The molecular weight excluding hydrogens is 280 g/mol. The van der Waals surface area contributed by atoms with Crippen molar-refractivity contribution in [3.05, 3.63) is 71.3 Å². The van der Waals surface area contributed by atoms with E-state index in [1.165, 1.54) is 18.2 Å². The number of ketones is 1. The van der Waals surface area contributed by atoms with Crippen LogP contribution in [-0.4, -0.2) is 23.5 Å². The van der Waals surface area contributed by atoms with E-state index >= 15 is 0 Å². The molecule has 1 N–H and O–H groups in total. The summed E-state index contributed by atoms with van der Waals surface area (Å²) in [7, 11) is 0. The first-order valence-electron chi connectivity index (χ1n) is 6.89. The number of hydrogen-bond donors (Lipinski definition) is 1. The van der Waals surface area contributed by atoms with Crippen molar-refractivity contribution in [2.45, 2.75) is 6.92 Å². The van der Waals surface area contributed by atoms with Gasteiger partial charge in [-0.1, -0.05) is 42.5 Å². The zero-order valence-electron chi connectivity index (χ0n) is 12.2. The third-order valence-electron chi connectivity index (χ3n) is 2.98. The average molecular weight is 296 g/mol. The number of Topliss-reactive ketones (excluding diaryl/α,β-unsaturated/α-hetero) is 1. The van der Waals surface area contributed by atoms with Gasteiger partial charge in [-0.3, -0.25) is 4.79 Å². The Morgan fingerprint density at radius 1 is 1.05 bits per heavy atom. The summed E-state index contributed by atoms with van der Waals surface area (Å²) in [6.07, 6.45) is 1.47. The fourth-order valence-corrected chi connectivity index (χ4v) is 1.91. The van der Waals surface area contributed by atoms with Gasteiger partial charge in [-0.15, -0.1) is 0 Å². The number of carbonyl (C=O) groups excluding carboxylic acids is 2. The highest BCUT2D eigenvalue weighted by Gasteiger charge is 2.20. The first kappa shape index (κ1) is 15.5. The number of carbonyl (C=O) groups is 2. The maximum atomic E-state index is 12.5. The quantitative estimate of drug-likeness (QED) is 0.302. The Labute approximate surface area is 128 Å². The molecule has 0 saturated heterocycles. The van der Waals surface area contributed by atoms with Crippen LogP contribution in [0.15, 0.2) is 60.2 Å². The van der Waals surface area contributed by atoms with Crippen molar-refractivity contribution >= 4 is 17.8 Å². The molecule has 2 aromatic rings. The van der Waals surface area contributed by atoms with E-state index in [2.05, 4.69) is 0 Å². The zero-order chi connectivity index (χ0) is 15.9. The summed E-state index contributed by atoms with van der Waals surface area (Å²) in [5.74, 6) is -0.944. The normalized spacial score (nSPS) is 11.0. The fraction of sp³-hybridized carbons (Fsp3) is 0.111. The lowest BCUT2D eigenvalue weighted by molar-refractivity contribution is -0.137. The van der Waals surface area contributed by atoms with Crippen LogP contribution in [0.25, 0.3) is 6.08 Å². The topological polar surface area (TPSA) is 63.6 Å². The highest BCUT2D eigenvalue weighted by Crippen LogP contribution is 2.17. The standard InChI is InChI=1S/C18H16O4/c1-2-22-18(21)16(12-13-8-10-15(19)11-9-13)17(20)14-6-4-3-5-7-14/h3-12,19H,2H2,1H3/b16-12-. The molecule has 0 saturated carbocycles. The number of phenolic OH excluding ortho intramolecular Hbond substituents is 1. The Morgan fingerprint density at radius 3 is 2.27 bits per heavy atom. The van der Waals surface area contributed by atoms with E-state index in [1.54, 1.807) is 49.4 Å². The summed E-state index contributed by atoms with van der Waals surface area (Å²) < 4.78 is 4.97. The lowest BCUT2D eigenvalue weighted by Crippen LogP contribution is -2.16. The van der Waals surface area contributed by atoms with Gasteiger partial charge in [-0.25, -0.2) is 4.79 Å². The summed E-state index contributed by atoms with van der Waals surface area (Å²) in [5, 5.41) is 9.29. The molecule has 0 radical (unpaired) electrons. The molecule has 0 heterocycles. The minimum atomic E-state index is -0.663. The van der Waals surface area contributed by atoms with E-state index in [0.29, 0.717) is 11.1 Å². The van der Waals surface area contributed by atoms with E-state index in [1.807, 2.05) is 0 Å². The van der Waals surface area contributed by atoms with E-state index in [9.17, 15) is 14.7 Å². The van der Waals surface area contributed by atoms with Gasteiger partial charge in [0.05, 0.1) is 6.61 Å². The molecule has 0 amide bonds. The molecule has 4 nitrogen and oxygen atoms in total. The van der Waals surface area contributed by atoms with Gasteiger partial charge in [0.2, 0.25) is 0 Å². The Hall–Kier alpha value is -2.88. The number of aromatic hydroxyl groups is 1. The van der Waals surface area contributed by atoms with Crippen LogP contribution in [0.4, 0.5) is 0 Å². The fourth-order valence-electron chi connectivity index (χ4n) is 1.91. The first-order valence-corrected chi connectivity index (χ1v) is 6.89. The summed E-state index contributed by atoms with van der Waals surface area (Å²) in [6, 6.07) is 14.8. The molecule has 22 heavy (non-hydrogen) atoms. The van der Waals surface area contributed by atoms with Crippen LogP contribution in [0.2, 0.25) is 0 Å². The van der Waals surface area contributed by atoms with Crippen molar-refractivity contribution in [3.8, 4) is 5.75 Å². The van der Waals surface area contributed by atoms with Crippen LogP contribution in [0.1, 0.15) is 22.8 Å². The molecule has 4 heteroatoms. The minimum Gasteiger partial charge on any atom is -0.508 e. The minimum absolute atomic E-state index is 0.0428. The van der Waals surface area contributed by atoms with E-state index < -0.39 is 11.8 Å².